The van der Waals surface area contributed by atoms with Crippen LogP contribution in [0, 0.1) is 5.82 Å². The van der Waals surface area contributed by atoms with Gasteiger partial charge in [0.25, 0.3) is 0 Å². The summed E-state index contributed by atoms with van der Waals surface area (Å²) in [6.07, 6.45) is 4.72. The van der Waals surface area contributed by atoms with Crippen LogP contribution in [0.2, 0.25) is 0 Å². The zero-order valence-corrected chi connectivity index (χ0v) is 10.8. The van der Waals surface area contributed by atoms with E-state index in [2.05, 4.69) is 15.6 Å². The van der Waals surface area contributed by atoms with Crippen molar-refractivity contribution in [3.63, 3.8) is 0 Å². The summed E-state index contributed by atoms with van der Waals surface area (Å²) in [6, 6.07) is 7.49. The number of urea groups is 1. The maximum absolute atomic E-state index is 13.4. The van der Waals surface area contributed by atoms with Gasteiger partial charge in [-0.15, -0.1) is 0 Å². The first kappa shape index (κ1) is 12.6. The monoisotopic (exact) mass is 271 g/mol. The molecule has 0 saturated carbocycles. The summed E-state index contributed by atoms with van der Waals surface area (Å²) in [5, 5.41) is 5.14. The normalized spacial score (nSPS) is 12.8. The fraction of sp³-hybridized carbons (Fsp3) is 0.200. The number of hydrogen-bond donors (Lipinski definition) is 2. The smallest absolute Gasteiger partial charge is 0.306 e. The lowest BCUT2D eigenvalue weighted by molar-refractivity contribution is 0.262. The fourth-order valence-electron chi connectivity index (χ4n) is 2.34. The summed E-state index contributed by atoms with van der Waals surface area (Å²) in [7, 11) is 0. The van der Waals surface area contributed by atoms with Crippen molar-refractivity contribution < 1.29 is 9.18 Å². The molecule has 1 aliphatic rings. The second kappa shape index (κ2) is 5.28. The van der Waals surface area contributed by atoms with Gasteiger partial charge in [0.15, 0.2) is 0 Å². The maximum Gasteiger partial charge on any atom is 0.323 e. The first-order valence-electron chi connectivity index (χ1n) is 6.53. The van der Waals surface area contributed by atoms with Gasteiger partial charge in [-0.1, -0.05) is 12.1 Å². The Balaban J connectivity index is 1.69. The van der Waals surface area contributed by atoms with E-state index in [1.165, 1.54) is 17.7 Å². The lowest BCUT2D eigenvalue weighted by atomic mass is 10.2. The molecule has 1 aromatic heterocycles. The number of carbonyl (C=O) groups is 1. The molecule has 2 aromatic rings. The highest BCUT2D eigenvalue weighted by atomic mass is 19.1. The minimum absolute atomic E-state index is 0.152. The van der Waals surface area contributed by atoms with Crippen molar-refractivity contribution in [1.29, 1.82) is 0 Å². The van der Waals surface area contributed by atoms with Gasteiger partial charge in [0.1, 0.15) is 5.82 Å². The number of fused-ring (bicyclic) bond motifs is 1. The molecule has 0 aliphatic heterocycles. The molecule has 1 aliphatic carbocycles. The molecule has 0 fully saturated rings. The number of hydrogen-bond acceptors (Lipinski definition) is 2. The first-order valence-corrected chi connectivity index (χ1v) is 6.53. The van der Waals surface area contributed by atoms with E-state index in [9.17, 15) is 9.18 Å². The van der Waals surface area contributed by atoms with Crippen molar-refractivity contribution in [2.24, 2.45) is 0 Å². The number of nitrogens with one attached hydrogen (secondary N) is 2. The average molecular weight is 271 g/mol. The zero-order valence-electron chi connectivity index (χ0n) is 10.8. The Kier molecular flexibility index (Phi) is 3.33. The molecule has 1 heterocycles. The quantitative estimate of drug-likeness (QED) is 0.880. The minimum Gasteiger partial charge on any atom is -0.306 e. The number of benzene rings is 1. The van der Waals surface area contributed by atoms with Crippen molar-refractivity contribution in [2.45, 2.75) is 19.3 Å². The van der Waals surface area contributed by atoms with Crippen molar-refractivity contribution in [3.05, 3.63) is 53.6 Å². The SMILES string of the molecule is O=C(Nc1cnc2c(c1)CCC2)Nc1ccccc1F. The number of aromatic nitrogens is 1. The highest BCUT2D eigenvalue weighted by Crippen LogP contribution is 2.22. The molecular formula is C15H14FN3O. The number of halogens is 1. The van der Waals surface area contributed by atoms with Gasteiger partial charge in [-0.25, -0.2) is 9.18 Å². The number of carbonyl (C=O) groups excluding carboxylic acids is 1. The molecule has 1 aromatic carbocycles. The van der Waals surface area contributed by atoms with E-state index in [0.717, 1.165) is 25.0 Å². The molecule has 0 atom stereocenters. The number of para-hydroxylation sites is 1. The van der Waals surface area contributed by atoms with E-state index in [-0.39, 0.29) is 5.69 Å². The number of rotatable bonds is 2. The molecule has 2 amide bonds. The molecule has 0 bridgehead atoms. The van der Waals surface area contributed by atoms with Gasteiger partial charge in [0, 0.05) is 5.69 Å². The Hall–Kier alpha value is -2.43. The molecule has 5 heteroatoms. The van der Waals surface area contributed by atoms with Crippen LogP contribution >= 0.6 is 0 Å². The Labute approximate surface area is 116 Å². The molecule has 20 heavy (non-hydrogen) atoms. The van der Waals surface area contributed by atoms with Gasteiger partial charge in [-0.05, 0) is 43.0 Å². The van der Waals surface area contributed by atoms with Crippen LogP contribution in [0.3, 0.4) is 0 Å². The fourth-order valence-corrected chi connectivity index (χ4v) is 2.34. The van der Waals surface area contributed by atoms with E-state index in [1.54, 1.807) is 18.3 Å². The predicted molar refractivity (Wildman–Crippen MR) is 75.3 cm³/mol. The molecule has 102 valence electrons. The van der Waals surface area contributed by atoms with Gasteiger partial charge in [-0.3, -0.25) is 4.98 Å². The standard InChI is InChI=1S/C15H14FN3O/c16-12-5-1-2-6-14(12)19-15(20)18-11-8-10-4-3-7-13(10)17-9-11/h1-2,5-6,8-9H,3-4,7H2,(H2,18,19,20). The molecule has 0 unspecified atom stereocenters. The van der Waals surface area contributed by atoms with Crippen LogP contribution in [-0.4, -0.2) is 11.0 Å². The topological polar surface area (TPSA) is 54.0 Å². The van der Waals surface area contributed by atoms with E-state index in [4.69, 9.17) is 0 Å². The Morgan fingerprint density at radius 2 is 2.05 bits per heavy atom. The third-order valence-corrected chi connectivity index (χ3v) is 3.30. The molecular weight excluding hydrogens is 257 g/mol. The van der Waals surface area contributed by atoms with Crippen LogP contribution in [-0.2, 0) is 12.8 Å². The summed E-state index contributed by atoms with van der Waals surface area (Å²) in [4.78, 5) is 16.1. The second-order valence-corrected chi connectivity index (χ2v) is 4.74. The summed E-state index contributed by atoms with van der Waals surface area (Å²) in [6.45, 7) is 0. The summed E-state index contributed by atoms with van der Waals surface area (Å²) in [5.74, 6) is -0.463. The van der Waals surface area contributed by atoms with Crippen molar-refractivity contribution >= 4 is 17.4 Å². The van der Waals surface area contributed by atoms with Gasteiger partial charge in [0.2, 0.25) is 0 Å². The number of anilines is 2. The molecule has 0 spiro atoms. The van der Waals surface area contributed by atoms with Crippen LogP contribution in [0.4, 0.5) is 20.6 Å². The van der Waals surface area contributed by atoms with Crippen molar-refractivity contribution in [2.75, 3.05) is 10.6 Å². The third kappa shape index (κ3) is 2.61. The second-order valence-electron chi connectivity index (χ2n) is 4.74. The average Bonchev–Trinajstić information content (AvgIpc) is 2.89. The lowest BCUT2D eigenvalue weighted by Gasteiger charge is -2.09. The molecule has 0 saturated heterocycles. The van der Waals surface area contributed by atoms with E-state index >= 15 is 0 Å². The Bertz CT molecular complexity index is 657. The first-order chi connectivity index (χ1) is 9.72. The van der Waals surface area contributed by atoms with Crippen LogP contribution in [0.5, 0.6) is 0 Å². The number of amides is 2. The van der Waals surface area contributed by atoms with Gasteiger partial charge >= 0.3 is 6.03 Å². The van der Waals surface area contributed by atoms with Crippen molar-refractivity contribution in [1.82, 2.24) is 4.98 Å². The lowest BCUT2D eigenvalue weighted by Crippen LogP contribution is -2.20. The third-order valence-electron chi connectivity index (χ3n) is 3.30. The minimum atomic E-state index is -0.477. The molecule has 0 radical (unpaired) electrons. The summed E-state index contributed by atoms with van der Waals surface area (Å²) in [5.41, 5.74) is 3.05. The number of pyridine rings is 1. The van der Waals surface area contributed by atoms with Crippen LogP contribution in [0.25, 0.3) is 0 Å². The summed E-state index contributed by atoms with van der Waals surface area (Å²) < 4.78 is 13.4. The van der Waals surface area contributed by atoms with Gasteiger partial charge < -0.3 is 10.6 Å². The van der Waals surface area contributed by atoms with Crippen LogP contribution < -0.4 is 10.6 Å². The van der Waals surface area contributed by atoms with Gasteiger partial charge in [-0.2, -0.15) is 0 Å². The van der Waals surface area contributed by atoms with E-state index < -0.39 is 11.8 Å². The zero-order chi connectivity index (χ0) is 13.9. The molecule has 4 nitrogen and oxygen atoms in total. The largest absolute Gasteiger partial charge is 0.323 e. The summed E-state index contributed by atoms with van der Waals surface area (Å²) >= 11 is 0. The Morgan fingerprint density at radius 3 is 2.90 bits per heavy atom. The van der Waals surface area contributed by atoms with Crippen LogP contribution in [0.1, 0.15) is 17.7 Å². The maximum atomic E-state index is 13.4. The number of aryl methyl sites for hydroxylation is 2. The number of nitrogens with zero attached hydrogens (tertiary/aromatic N) is 1. The van der Waals surface area contributed by atoms with E-state index in [0.29, 0.717) is 5.69 Å². The highest BCUT2D eigenvalue weighted by Gasteiger charge is 2.13. The highest BCUT2D eigenvalue weighted by molar-refractivity contribution is 5.99. The van der Waals surface area contributed by atoms with Crippen molar-refractivity contribution in [3.8, 4) is 0 Å². The molecule has 3 rings (SSSR count). The van der Waals surface area contributed by atoms with Crippen LogP contribution in [0.15, 0.2) is 36.5 Å². The molecule has 2 N–H and O–H groups in total. The Morgan fingerprint density at radius 1 is 1.20 bits per heavy atom. The predicted octanol–water partition coefficient (Wildman–Crippen LogP) is 3.35. The van der Waals surface area contributed by atoms with E-state index in [1.807, 2.05) is 6.07 Å². The van der Waals surface area contributed by atoms with Gasteiger partial charge in [0.05, 0.1) is 17.6 Å².